The Labute approximate surface area is 156 Å². The van der Waals surface area contributed by atoms with Crippen molar-refractivity contribution in [2.24, 2.45) is 5.73 Å². The molecule has 2 saturated heterocycles. The number of imide groups is 2. The van der Waals surface area contributed by atoms with Gasteiger partial charge in [-0.2, -0.15) is 0 Å². The van der Waals surface area contributed by atoms with E-state index >= 15 is 0 Å². The zero-order valence-corrected chi connectivity index (χ0v) is 15.1. The molecule has 1 aromatic carbocycles. The molecule has 0 spiro atoms. The number of nitrogens with one attached hydrogen (secondary N) is 1. The maximum absolute atomic E-state index is 12.9. The summed E-state index contributed by atoms with van der Waals surface area (Å²) in [5.41, 5.74) is 7.51. The molecule has 3 aliphatic rings. The van der Waals surface area contributed by atoms with Gasteiger partial charge in [-0.3, -0.25) is 29.4 Å². The van der Waals surface area contributed by atoms with E-state index in [4.69, 9.17) is 5.73 Å². The standard InChI is InChI=1S/C19H22N4O4/c1-10-8-11(20)6-7-22(10)12-2-3-13-14(9-12)19(27)23(18(13)26)15-4-5-16(24)21-17(15)25/h2-3,9-11,15H,4-8,20H2,1H3,(H,21,24,25). The van der Waals surface area contributed by atoms with Gasteiger partial charge in [-0.1, -0.05) is 0 Å². The number of piperidine rings is 2. The second kappa shape index (κ2) is 6.45. The Morgan fingerprint density at radius 2 is 1.81 bits per heavy atom. The van der Waals surface area contributed by atoms with Crippen molar-refractivity contribution in [2.45, 2.75) is 50.7 Å². The Morgan fingerprint density at radius 3 is 2.52 bits per heavy atom. The van der Waals surface area contributed by atoms with Gasteiger partial charge in [0.15, 0.2) is 0 Å². The SMILES string of the molecule is CC1CC(N)CCN1c1ccc2c(c1)C(=O)N(C1CCC(=O)NC1=O)C2=O. The fourth-order valence-corrected chi connectivity index (χ4v) is 4.23. The fourth-order valence-electron chi connectivity index (χ4n) is 4.23. The van der Waals surface area contributed by atoms with Crippen molar-refractivity contribution >= 4 is 29.3 Å². The lowest BCUT2D eigenvalue weighted by Gasteiger charge is -2.38. The topological polar surface area (TPSA) is 113 Å². The first-order valence-electron chi connectivity index (χ1n) is 9.24. The first-order chi connectivity index (χ1) is 12.9. The molecule has 3 aliphatic heterocycles. The Balaban J connectivity index is 1.62. The minimum absolute atomic E-state index is 0.112. The number of carbonyl (C=O) groups excluding carboxylic acids is 4. The summed E-state index contributed by atoms with van der Waals surface area (Å²) in [6, 6.07) is 4.70. The van der Waals surface area contributed by atoms with Crippen molar-refractivity contribution in [3.63, 3.8) is 0 Å². The number of nitrogens with two attached hydrogens (primary N) is 1. The molecule has 3 N–H and O–H groups in total. The molecule has 0 aromatic heterocycles. The summed E-state index contributed by atoms with van der Waals surface area (Å²) in [4.78, 5) is 52.3. The van der Waals surface area contributed by atoms with Crippen LogP contribution in [0, 0.1) is 0 Å². The van der Waals surface area contributed by atoms with Gasteiger partial charge >= 0.3 is 0 Å². The quantitative estimate of drug-likeness (QED) is 0.729. The van der Waals surface area contributed by atoms with Crippen LogP contribution in [0.15, 0.2) is 18.2 Å². The highest BCUT2D eigenvalue weighted by molar-refractivity contribution is 6.23. The minimum atomic E-state index is -0.939. The van der Waals surface area contributed by atoms with Gasteiger partial charge < -0.3 is 10.6 Å². The number of hydrogen-bond acceptors (Lipinski definition) is 6. The number of fused-ring (bicyclic) bond motifs is 1. The highest BCUT2D eigenvalue weighted by atomic mass is 16.2. The molecule has 3 heterocycles. The summed E-state index contributed by atoms with van der Waals surface area (Å²) in [5, 5.41) is 2.20. The van der Waals surface area contributed by atoms with E-state index in [1.807, 2.05) is 6.07 Å². The molecule has 0 saturated carbocycles. The second-order valence-electron chi connectivity index (χ2n) is 7.50. The van der Waals surface area contributed by atoms with Gasteiger partial charge in [-0.15, -0.1) is 0 Å². The van der Waals surface area contributed by atoms with Crippen LogP contribution in [0.5, 0.6) is 0 Å². The molecule has 4 rings (SSSR count). The molecule has 142 valence electrons. The molecule has 0 radical (unpaired) electrons. The highest BCUT2D eigenvalue weighted by Gasteiger charge is 2.44. The number of hydrogen-bond donors (Lipinski definition) is 2. The van der Waals surface area contributed by atoms with E-state index < -0.39 is 23.8 Å². The van der Waals surface area contributed by atoms with Gasteiger partial charge in [0.2, 0.25) is 11.8 Å². The van der Waals surface area contributed by atoms with E-state index in [9.17, 15) is 19.2 Å². The fraction of sp³-hybridized carbons (Fsp3) is 0.474. The summed E-state index contributed by atoms with van der Waals surface area (Å²) in [7, 11) is 0. The molecule has 0 aliphatic carbocycles. The molecule has 8 nitrogen and oxygen atoms in total. The summed E-state index contributed by atoms with van der Waals surface area (Å²) in [5.74, 6) is -1.94. The lowest BCUT2D eigenvalue weighted by molar-refractivity contribution is -0.136. The van der Waals surface area contributed by atoms with Gasteiger partial charge in [0.25, 0.3) is 11.8 Å². The molecule has 0 bridgehead atoms. The van der Waals surface area contributed by atoms with E-state index in [1.54, 1.807) is 12.1 Å². The molecule has 4 amide bonds. The van der Waals surface area contributed by atoms with E-state index in [-0.39, 0.29) is 30.8 Å². The lowest BCUT2D eigenvalue weighted by Crippen LogP contribution is -2.54. The van der Waals surface area contributed by atoms with Crippen molar-refractivity contribution in [1.29, 1.82) is 0 Å². The first-order valence-corrected chi connectivity index (χ1v) is 9.24. The normalized spacial score (nSPS) is 28.4. The van der Waals surface area contributed by atoms with Crippen molar-refractivity contribution in [3.8, 4) is 0 Å². The van der Waals surface area contributed by atoms with Crippen molar-refractivity contribution < 1.29 is 19.2 Å². The molecule has 1 aromatic rings. The van der Waals surface area contributed by atoms with Gasteiger partial charge in [0.1, 0.15) is 6.04 Å². The van der Waals surface area contributed by atoms with E-state index in [2.05, 4.69) is 17.1 Å². The van der Waals surface area contributed by atoms with Crippen LogP contribution < -0.4 is 16.0 Å². The van der Waals surface area contributed by atoms with Crippen LogP contribution >= 0.6 is 0 Å². The molecule has 3 unspecified atom stereocenters. The van der Waals surface area contributed by atoms with Crippen LogP contribution in [0.3, 0.4) is 0 Å². The lowest BCUT2D eigenvalue weighted by atomic mass is 9.97. The van der Waals surface area contributed by atoms with Crippen LogP contribution in [-0.2, 0) is 9.59 Å². The number of nitrogens with zero attached hydrogens (tertiary/aromatic N) is 2. The smallest absolute Gasteiger partial charge is 0.262 e. The Morgan fingerprint density at radius 1 is 1.07 bits per heavy atom. The Kier molecular flexibility index (Phi) is 4.22. The number of anilines is 1. The molecular weight excluding hydrogens is 348 g/mol. The van der Waals surface area contributed by atoms with Gasteiger partial charge in [0.05, 0.1) is 11.1 Å². The largest absolute Gasteiger partial charge is 0.369 e. The third-order valence-corrected chi connectivity index (χ3v) is 5.67. The number of rotatable bonds is 2. The van der Waals surface area contributed by atoms with Crippen LogP contribution in [0.1, 0.15) is 53.3 Å². The summed E-state index contributed by atoms with van der Waals surface area (Å²) in [6.45, 7) is 2.88. The van der Waals surface area contributed by atoms with E-state index in [1.165, 1.54) is 0 Å². The summed E-state index contributed by atoms with van der Waals surface area (Å²) < 4.78 is 0. The third kappa shape index (κ3) is 2.90. The van der Waals surface area contributed by atoms with E-state index in [0.29, 0.717) is 11.1 Å². The average molecular weight is 370 g/mol. The summed E-state index contributed by atoms with van der Waals surface area (Å²) >= 11 is 0. The Bertz CT molecular complexity index is 852. The molecule has 2 fully saturated rings. The maximum Gasteiger partial charge on any atom is 0.262 e. The van der Waals surface area contributed by atoms with Crippen molar-refractivity contribution in [1.82, 2.24) is 10.2 Å². The molecule has 8 heteroatoms. The van der Waals surface area contributed by atoms with Crippen molar-refractivity contribution in [2.75, 3.05) is 11.4 Å². The average Bonchev–Trinajstić information content (AvgIpc) is 2.86. The predicted octanol–water partition coefficient (Wildman–Crippen LogP) is 0.404. The predicted molar refractivity (Wildman–Crippen MR) is 97.1 cm³/mol. The van der Waals surface area contributed by atoms with Crippen LogP contribution in [0.2, 0.25) is 0 Å². The second-order valence-corrected chi connectivity index (χ2v) is 7.50. The van der Waals surface area contributed by atoms with Crippen LogP contribution in [0.4, 0.5) is 5.69 Å². The molecule has 27 heavy (non-hydrogen) atoms. The number of carbonyl (C=O) groups is 4. The minimum Gasteiger partial charge on any atom is -0.369 e. The van der Waals surface area contributed by atoms with Crippen LogP contribution in [0.25, 0.3) is 0 Å². The maximum atomic E-state index is 12.9. The summed E-state index contributed by atoms with van der Waals surface area (Å²) in [6.07, 6.45) is 2.01. The zero-order valence-electron chi connectivity index (χ0n) is 15.1. The zero-order chi connectivity index (χ0) is 19.3. The highest BCUT2D eigenvalue weighted by Crippen LogP contribution is 2.32. The van der Waals surface area contributed by atoms with E-state index in [0.717, 1.165) is 30.0 Å². The van der Waals surface area contributed by atoms with Gasteiger partial charge in [-0.05, 0) is 44.4 Å². The number of amides is 4. The monoisotopic (exact) mass is 370 g/mol. The third-order valence-electron chi connectivity index (χ3n) is 5.67. The molecule has 3 atom stereocenters. The van der Waals surface area contributed by atoms with Gasteiger partial charge in [0, 0.05) is 30.7 Å². The molecular formula is C19H22N4O4. The Hall–Kier alpha value is -2.74. The van der Waals surface area contributed by atoms with Gasteiger partial charge in [-0.25, -0.2) is 0 Å². The van der Waals surface area contributed by atoms with Crippen molar-refractivity contribution in [3.05, 3.63) is 29.3 Å². The van der Waals surface area contributed by atoms with Crippen LogP contribution in [-0.4, -0.2) is 53.2 Å². The first kappa shape index (κ1) is 17.7. The number of benzene rings is 1.